The summed E-state index contributed by atoms with van der Waals surface area (Å²) in [6.45, 7) is 3.79. The van der Waals surface area contributed by atoms with E-state index in [1.165, 1.54) is 4.90 Å². The topological polar surface area (TPSA) is 86.7 Å². The van der Waals surface area contributed by atoms with E-state index in [0.29, 0.717) is 19.3 Å². The van der Waals surface area contributed by atoms with Crippen molar-refractivity contribution in [2.24, 2.45) is 5.92 Å². The maximum atomic E-state index is 11.9. The second-order valence-corrected chi connectivity index (χ2v) is 5.09. The largest absolute Gasteiger partial charge is 0.480 e. The van der Waals surface area contributed by atoms with E-state index in [1.54, 1.807) is 7.05 Å². The zero-order chi connectivity index (χ0) is 13.9. The minimum Gasteiger partial charge on any atom is -0.480 e. The third kappa shape index (κ3) is 3.45. The Kier molecular flexibility index (Phi) is 4.69. The predicted octanol–water partition coefficient (Wildman–Crippen LogP) is 0.223. The molecule has 0 aliphatic carbocycles. The molecule has 0 aromatic heterocycles. The average molecular weight is 256 g/mol. The quantitative estimate of drug-likeness (QED) is 0.737. The number of carbonyl (C=O) groups is 3. The zero-order valence-electron chi connectivity index (χ0n) is 11.0. The number of likely N-dealkylation sites (N-methyl/N-ethyl adjacent to an activating group) is 1. The number of hydrogen-bond acceptors (Lipinski definition) is 3. The van der Waals surface area contributed by atoms with Gasteiger partial charge in [-0.1, -0.05) is 13.8 Å². The number of likely N-dealkylation sites (tertiary alicyclic amines) is 1. The van der Waals surface area contributed by atoms with Crippen molar-refractivity contribution in [1.29, 1.82) is 0 Å². The van der Waals surface area contributed by atoms with Crippen molar-refractivity contribution in [2.75, 3.05) is 7.05 Å². The number of carbonyl (C=O) groups excluding carboxylic acids is 2. The predicted molar refractivity (Wildman–Crippen MR) is 64.8 cm³/mol. The van der Waals surface area contributed by atoms with Crippen LogP contribution in [0.5, 0.6) is 0 Å². The van der Waals surface area contributed by atoms with Crippen LogP contribution in [0.2, 0.25) is 0 Å². The molecule has 2 amide bonds. The third-order valence-corrected chi connectivity index (χ3v) is 3.12. The van der Waals surface area contributed by atoms with Gasteiger partial charge in [0.15, 0.2) is 0 Å². The minimum absolute atomic E-state index is 0.0779. The van der Waals surface area contributed by atoms with Gasteiger partial charge in [0, 0.05) is 13.5 Å². The minimum atomic E-state index is -1.04. The van der Waals surface area contributed by atoms with E-state index in [-0.39, 0.29) is 17.7 Å². The fraction of sp³-hybridized carbons (Fsp3) is 0.750. The number of carboxylic acid groups (broad SMARTS) is 1. The van der Waals surface area contributed by atoms with Gasteiger partial charge in [0.05, 0.1) is 0 Å². The highest BCUT2D eigenvalue weighted by molar-refractivity contribution is 5.92. The number of amides is 2. The van der Waals surface area contributed by atoms with E-state index < -0.39 is 18.1 Å². The van der Waals surface area contributed by atoms with Crippen LogP contribution in [-0.2, 0) is 14.4 Å². The normalized spacial score (nSPS) is 21.2. The Labute approximate surface area is 106 Å². The van der Waals surface area contributed by atoms with Gasteiger partial charge < -0.3 is 15.3 Å². The fourth-order valence-electron chi connectivity index (χ4n) is 2.07. The molecule has 0 aromatic carbocycles. The summed E-state index contributed by atoms with van der Waals surface area (Å²) < 4.78 is 0. The lowest BCUT2D eigenvalue weighted by atomic mass is 10.0. The summed E-state index contributed by atoms with van der Waals surface area (Å²) >= 11 is 0. The van der Waals surface area contributed by atoms with Crippen molar-refractivity contribution >= 4 is 17.8 Å². The second-order valence-electron chi connectivity index (χ2n) is 5.09. The lowest BCUT2D eigenvalue weighted by Gasteiger charge is -2.22. The van der Waals surface area contributed by atoms with Gasteiger partial charge >= 0.3 is 5.97 Å². The van der Waals surface area contributed by atoms with Gasteiger partial charge in [0.2, 0.25) is 11.8 Å². The van der Waals surface area contributed by atoms with Gasteiger partial charge in [-0.05, 0) is 18.8 Å². The molecule has 102 valence electrons. The van der Waals surface area contributed by atoms with E-state index >= 15 is 0 Å². The van der Waals surface area contributed by atoms with Crippen LogP contribution in [-0.4, -0.2) is 46.9 Å². The molecule has 1 unspecified atom stereocenters. The SMILES string of the molecule is CC(C)C[C@H](NC(=O)C1CCC(=O)N1C)C(=O)O. The van der Waals surface area contributed by atoms with Gasteiger partial charge in [-0.25, -0.2) is 4.79 Å². The summed E-state index contributed by atoms with van der Waals surface area (Å²) in [5.41, 5.74) is 0. The van der Waals surface area contributed by atoms with Crippen LogP contribution in [0.4, 0.5) is 0 Å². The first kappa shape index (κ1) is 14.5. The van der Waals surface area contributed by atoms with E-state index in [4.69, 9.17) is 5.11 Å². The first-order valence-corrected chi connectivity index (χ1v) is 6.11. The molecular weight excluding hydrogens is 236 g/mol. The van der Waals surface area contributed by atoms with Crippen molar-refractivity contribution in [3.63, 3.8) is 0 Å². The highest BCUT2D eigenvalue weighted by atomic mass is 16.4. The maximum absolute atomic E-state index is 11.9. The van der Waals surface area contributed by atoms with Gasteiger partial charge in [-0.15, -0.1) is 0 Å². The molecule has 1 fully saturated rings. The molecule has 1 rings (SSSR count). The summed E-state index contributed by atoms with van der Waals surface area (Å²) in [6.07, 6.45) is 1.18. The Morgan fingerprint density at radius 2 is 2.11 bits per heavy atom. The Hall–Kier alpha value is -1.59. The van der Waals surface area contributed by atoms with Gasteiger partial charge in [0.25, 0.3) is 0 Å². The lowest BCUT2D eigenvalue weighted by Crippen LogP contribution is -2.49. The van der Waals surface area contributed by atoms with Crippen LogP contribution in [0.25, 0.3) is 0 Å². The van der Waals surface area contributed by atoms with Gasteiger partial charge in [0.1, 0.15) is 12.1 Å². The molecule has 6 nitrogen and oxygen atoms in total. The summed E-state index contributed by atoms with van der Waals surface area (Å²) in [4.78, 5) is 35.7. The first-order valence-electron chi connectivity index (χ1n) is 6.11. The summed E-state index contributed by atoms with van der Waals surface area (Å²) in [6, 6.07) is -1.42. The molecule has 1 saturated heterocycles. The van der Waals surface area contributed by atoms with Crippen molar-refractivity contribution in [1.82, 2.24) is 10.2 Å². The summed E-state index contributed by atoms with van der Waals surface area (Å²) in [5, 5.41) is 11.5. The van der Waals surface area contributed by atoms with Crippen molar-refractivity contribution < 1.29 is 19.5 Å². The van der Waals surface area contributed by atoms with E-state index in [2.05, 4.69) is 5.32 Å². The molecule has 0 radical (unpaired) electrons. The van der Waals surface area contributed by atoms with Gasteiger partial charge in [-0.3, -0.25) is 9.59 Å². The second kappa shape index (κ2) is 5.84. The molecule has 0 saturated carbocycles. The Morgan fingerprint density at radius 3 is 2.50 bits per heavy atom. The van der Waals surface area contributed by atoms with E-state index in [1.807, 2.05) is 13.8 Å². The monoisotopic (exact) mass is 256 g/mol. The summed E-state index contributed by atoms with van der Waals surface area (Å²) in [7, 11) is 1.57. The van der Waals surface area contributed by atoms with Gasteiger partial charge in [-0.2, -0.15) is 0 Å². The highest BCUT2D eigenvalue weighted by Crippen LogP contribution is 2.17. The number of aliphatic carboxylic acids is 1. The molecule has 1 aliphatic rings. The Balaban J connectivity index is 2.61. The summed E-state index contributed by atoms with van der Waals surface area (Å²) in [5.74, 6) is -1.32. The molecule has 1 aliphatic heterocycles. The number of nitrogens with one attached hydrogen (secondary N) is 1. The lowest BCUT2D eigenvalue weighted by molar-refractivity contribution is -0.143. The molecule has 1 heterocycles. The number of hydrogen-bond donors (Lipinski definition) is 2. The molecule has 0 bridgehead atoms. The number of carboxylic acids is 1. The molecule has 2 atom stereocenters. The van der Waals surface area contributed by atoms with Crippen molar-refractivity contribution in [2.45, 2.75) is 45.2 Å². The van der Waals surface area contributed by atoms with Crippen LogP contribution in [0.3, 0.4) is 0 Å². The standard InChI is InChI=1S/C12H20N2O4/c1-7(2)6-8(12(17)18)13-11(16)9-4-5-10(15)14(9)3/h7-9H,4-6H2,1-3H3,(H,13,16)(H,17,18)/t8-,9?/m0/s1. The number of rotatable bonds is 5. The molecular formula is C12H20N2O4. The van der Waals surface area contributed by atoms with Crippen molar-refractivity contribution in [3.05, 3.63) is 0 Å². The third-order valence-electron chi connectivity index (χ3n) is 3.12. The van der Waals surface area contributed by atoms with E-state index in [9.17, 15) is 14.4 Å². The maximum Gasteiger partial charge on any atom is 0.326 e. The molecule has 2 N–H and O–H groups in total. The average Bonchev–Trinajstić information content (AvgIpc) is 2.58. The van der Waals surface area contributed by atoms with Crippen molar-refractivity contribution in [3.8, 4) is 0 Å². The highest BCUT2D eigenvalue weighted by Gasteiger charge is 2.35. The Morgan fingerprint density at radius 1 is 1.50 bits per heavy atom. The van der Waals surface area contributed by atoms with E-state index in [0.717, 1.165) is 0 Å². The molecule has 18 heavy (non-hydrogen) atoms. The van der Waals surface area contributed by atoms with Crippen LogP contribution >= 0.6 is 0 Å². The van der Waals surface area contributed by atoms with Crippen LogP contribution in [0.15, 0.2) is 0 Å². The smallest absolute Gasteiger partial charge is 0.326 e. The van der Waals surface area contributed by atoms with Crippen LogP contribution in [0.1, 0.15) is 33.1 Å². The first-order chi connectivity index (χ1) is 8.32. The van der Waals surface area contributed by atoms with Crippen LogP contribution in [0, 0.1) is 5.92 Å². The molecule has 0 aromatic rings. The fourth-order valence-corrected chi connectivity index (χ4v) is 2.07. The molecule has 6 heteroatoms. The Bertz CT molecular complexity index is 354. The molecule has 0 spiro atoms. The zero-order valence-corrected chi connectivity index (χ0v) is 11.0. The van der Waals surface area contributed by atoms with Crippen LogP contribution < -0.4 is 5.32 Å². The number of nitrogens with zero attached hydrogens (tertiary/aromatic N) is 1.